The fraction of sp³-hybridized carbons (Fsp3) is 0.0420. The summed E-state index contributed by atoms with van der Waals surface area (Å²) in [6.45, 7) is 4.78. The Morgan fingerprint density at radius 3 is 1.19 bits per heavy atom. The molecule has 0 N–H and O–H groups in total. The third-order valence-electron chi connectivity index (χ3n) is 28.0. The molecule has 26 rings (SSSR count). The highest BCUT2D eigenvalue weighted by Gasteiger charge is 2.55. The Morgan fingerprint density at radius 1 is 0.220 bits per heavy atom. The average Bonchev–Trinajstić information content (AvgIpc) is 1.51. The number of rotatable bonds is 11. The molecule has 0 saturated heterocycles. The van der Waals surface area contributed by atoms with Crippen LogP contribution in [0.25, 0.3) is 150 Å². The van der Waals surface area contributed by atoms with Crippen molar-refractivity contribution in [2.75, 3.05) is 9.80 Å². The molecule has 2 aromatic heterocycles. The Bertz CT molecular complexity index is 7980. The molecule has 5 aliphatic carbocycles. The highest BCUT2D eigenvalue weighted by Crippen LogP contribution is 2.68. The second-order valence-corrected chi connectivity index (χ2v) is 34.4. The number of benzene rings is 19. The average molecular weight is 1560 g/mol. The van der Waals surface area contributed by atoms with Gasteiger partial charge in [-0.3, -0.25) is 0 Å². The molecule has 123 heavy (non-hydrogen) atoms. The van der Waals surface area contributed by atoms with E-state index in [1.165, 1.54) is 150 Å². The Balaban J connectivity index is 0.574. The van der Waals surface area contributed by atoms with Crippen LogP contribution in [0.4, 0.5) is 34.1 Å². The molecule has 0 saturated carbocycles. The standard InChI is InChI=1S/C119H77N3O/c1-117(2)99-39-16-9-30-87(99)91-66-65-85(73-108(91)117)121(84-63-54-76(55-64-84)78-57-68-110-97(70-78)92-34-15-22-47-109(92)122(110)81-28-7-4-8-29-81)112-49-25-46-107-115(112)95-36-14-21-44-104(95)119(107)102-42-19-12-33-90(102)96-72-80(56-67-105(96)119)86-37-23-38-93-98-71-79(58-69-113(98)123-116(86)93)77-52-61-83(62-53-77)120(82-59-50-75(51-60-82)74-26-5-3-6-27-74)111-48-24-45-106-114(111)94-35-13-20-43-103(94)118(106)100-40-17-10-31-88(100)89-32-11-18-41-101(89)118/h3-73H,1-2H3. The van der Waals surface area contributed by atoms with Gasteiger partial charge in [0.15, 0.2) is 0 Å². The number of furan rings is 1. The first-order valence-corrected chi connectivity index (χ1v) is 42.9. The number of anilines is 6. The predicted octanol–water partition coefficient (Wildman–Crippen LogP) is 31.3. The zero-order valence-corrected chi connectivity index (χ0v) is 67.7. The van der Waals surface area contributed by atoms with Crippen molar-refractivity contribution in [3.05, 3.63) is 486 Å². The van der Waals surface area contributed by atoms with Crippen molar-refractivity contribution in [3.63, 3.8) is 0 Å². The predicted molar refractivity (Wildman–Crippen MR) is 509 cm³/mol. The zero-order valence-electron chi connectivity index (χ0n) is 67.7. The van der Waals surface area contributed by atoms with E-state index in [4.69, 9.17) is 4.42 Å². The molecule has 574 valence electrons. The lowest BCUT2D eigenvalue weighted by Crippen LogP contribution is -2.26. The highest BCUT2D eigenvalue weighted by atomic mass is 16.3. The lowest BCUT2D eigenvalue weighted by molar-refractivity contribution is 0.660. The smallest absolute Gasteiger partial charge is 0.143 e. The summed E-state index contributed by atoms with van der Waals surface area (Å²) in [6.07, 6.45) is 0. The second-order valence-electron chi connectivity index (χ2n) is 34.4. The van der Waals surface area contributed by atoms with E-state index in [1.807, 2.05) is 0 Å². The summed E-state index contributed by atoms with van der Waals surface area (Å²) in [5, 5.41) is 4.63. The van der Waals surface area contributed by atoms with Gasteiger partial charge in [0.2, 0.25) is 0 Å². The summed E-state index contributed by atoms with van der Waals surface area (Å²) in [4.78, 5) is 5.03. The van der Waals surface area contributed by atoms with Gasteiger partial charge in [0.05, 0.1) is 33.2 Å². The number of aromatic nitrogens is 1. The molecule has 4 heteroatoms. The summed E-state index contributed by atoms with van der Waals surface area (Å²) in [5.74, 6) is 0. The van der Waals surface area contributed by atoms with Crippen LogP contribution in [-0.4, -0.2) is 4.57 Å². The van der Waals surface area contributed by atoms with E-state index in [9.17, 15) is 0 Å². The molecule has 0 bridgehead atoms. The third-order valence-corrected chi connectivity index (χ3v) is 28.0. The minimum Gasteiger partial charge on any atom is -0.455 e. The molecule has 2 heterocycles. The fourth-order valence-corrected chi connectivity index (χ4v) is 22.8. The van der Waals surface area contributed by atoms with Crippen LogP contribution in [0.2, 0.25) is 0 Å². The van der Waals surface area contributed by atoms with Gasteiger partial charge in [0.25, 0.3) is 0 Å². The van der Waals surface area contributed by atoms with Gasteiger partial charge >= 0.3 is 0 Å². The van der Waals surface area contributed by atoms with E-state index in [1.54, 1.807) is 0 Å². The number of hydrogen-bond donors (Lipinski definition) is 0. The minimum atomic E-state index is -0.633. The van der Waals surface area contributed by atoms with Crippen molar-refractivity contribution in [2.45, 2.75) is 30.1 Å². The van der Waals surface area contributed by atoms with E-state index in [0.717, 1.165) is 89.6 Å². The summed E-state index contributed by atoms with van der Waals surface area (Å²) in [5.41, 5.74) is 45.4. The Kier molecular flexibility index (Phi) is 14.8. The van der Waals surface area contributed by atoms with E-state index in [2.05, 4.69) is 459 Å². The molecule has 0 radical (unpaired) electrons. The first-order chi connectivity index (χ1) is 60.8. The van der Waals surface area contributed by atoms with Crippen LogP contribution >= 0.6 is 0 Å². The van der Waals surface area contributed by atoms with Gasteiger partial charge in [0, 0.05) is 72.1 Å². The van der Waals surface area contributed by atoms with Crippen molar-refractivity contribution in [1.82, 2.24) is 4.57 Å². The number of fused-ring (bicyclic) bond motifs is 29. The summed E-state index contributed by atoms with van der Waals surface area (Å²) in [7, 11) is 0. The third kappa shape index (κ3) is 9.72. The zero-order chi connectivity index (χ0) is 81.0. The number of nitrogens with zero attached hydrogens (tertiary/aromatic N) is 3. The van der Waals surface area contributed by atoms with Crippen molar-refractivity contribution in [3.8, 4) is 106 Å². The summed E-state index contributed by atoms with van der Waals surface area (Å²) < 4.78 is 9.54. The van der Waals surface area contributed by atoms with Crippen LogP contribution in [0.5, 0.6) is 0 Å². The van der Waals surface area contributed by atoms with Crippen LogP contribution in [-0.2, 0) is 16.2 Å². The van der Waals surface area contributed by atoms with Crippen LogP contribution in [0.3, 0.4) is 0 Å². The first-order valence-electron chi connectivity index (χ1n) is 42.9. The molecule has 0 amide bonds. The Morgan fingerprint density at radius 2 is 0.602 bits per heavy atom. The van der Waals surface area contributed by atoms with E-state index in [-0.39, 0.29) is 5.41 Å². The largest absolute Gasteiger partial charge is 0.455 e. The van der Waals surface area contributed by atoms with Crippen molar-refractivity contribution in [2.24, 2.45) is 0 Å². The highest BCUT2D eigenvalue weighted by molar-refractivity contribution is 6.13. The van der Waals surface area contributed by atoms with Gasteiger partial charge in [0.1, 0.15) is 11.2 Å². The molecule has 19 aromatic carbocycles. The van der Waals surface area contributed by atoms with Crippen LogP contribution in [0.1, 0.15) is 69.5 Å². The number of para-hydroxylation sites is 3. The lowest BCUT2D eigenvalue weighted by atomic mass is 9.70. The van der Waals surface area contributed by atoms with E-state index in [0.29, 0.717) is 0 Å². The maximum atomic E-state index is 7.15. The van der Waals surface area contributed by atoms with Crippen LogP contribution in [0, 0.1) is 0 Å². The van der Waals surface area contributed by atoms with Gasteiger partial charge in [-0.25, -0.2) is 0 Å². The molecule has 1 atom stereocenters. The van der Waals surface area contributed by atoms with Gasteiger partial charge in [-0.05, 0) is 248 Å². The van der Waals surface area contributed by atoms with Crippen molar-refractivity contribution >= 4 is 77.9 Å². The molecule has 5 aliphatic rings. The molecule has 0 aliphatic heterocycles. The fourth-order valence-electron chi connectivity index (χ4n) is 22.8. The maximum absolute atomic E-state index is 7.15. The number of hydrogen-bond acceptors (Lipinski definition) is 3. The minimum absolute atomic E-state index is 0.216. The van der Waals surface area contributed by atoms with Crippen LogP contribution in [0.15, 0.2) is 435 Å². The summed E-state index contributed by atoms with van der Waals surface area (Å²) >= 11 is 0. The molecule has 1 unspecified atom stereocenters. The Labute approximate surface area is 714 Å². The molecule has 4 nitrogen and oxygen atoms in total. The van der Waals surface area contributed by atoms with Gasteiger partial charge in [-0.1, -0.05) is 335 Å². The van der Waals surface area contributed by atoms with E-state index < -0.39 is 10.8 Å². The second kappa shape index (κ2) is 26.2. The van der Waals surface area contributed by atoms with Crippen molar-refractivity contribution in [1.29, 1.82) is 0 Å². The molecular formula is C119H77N3O. The molecule has 0 fully saturated rings. The first kappa shape index (κ1) is 69.3. The monoisotopic (exact) mass is 1560 g/mol. The molecule has 21 aromatic rings. The topological polar surface area (TPSA) is 24.6 Å². The van der Waals surface area contributed by atoms with Gasteiger partial charge in [-0.2, -0.15) is 0 Å². The lowest BCUT2D eigenvalue weighted by Gasteiger charge is -2.32. The maximum Gasteiger partial charge on any atom is 0.143 e. The van der Waals surface area contributed by atoms with Crippen molar-refractivity contribution < 1.29 is 4.42 Å². The SMILES string of the molecule is CC1(C)c2ccccc2-c2ccc(N(c3ccc(-c4ccc5c(c4)c4ccccc4n5-c4ccccc4)cc3)c3cccc4c3-c3ccccc3C43c4ccccc4-c4cc(-c5cccc6c5oc5ccc(-c7ccc(N(c8ccc(-c9ccccc9)cc8)c8cccc9c8-c8ccccc8C98c9ccccc9-c9ccccc98)cc7)cc56)ccc43)cc21. The summed E-state index contributed by atoms with van der Waals surface area (Å²) in [6, 6.07) is 162. The van der Waals surface area contributed by atoms with E-state index >= 15 is 0 Å². The quantitative estimate of drug-likeness (QED) is 0.129. The van der Waals surface area contributed by atoms with Crippen LogP contribution < -0.4 is 9.80 Å². The van der Waals surface area contributed by atoms with Gasteiger partial charge < -0.3 is 18.8 Å². The molecular weight excluding hydrogens is 1490 g/mol. The van der Waals surface area contributed by atoms with Gasteiger partial charge in [-0.15, -0.1) is 0 Å². The molecule has 2 spiro atoms. The normalized spacial score (nSPS) is 14.6. The Hall–Kier alpha value is -15.6.